The summed E-state index contributed by atoms with van der Waals surface area (Å²) in [7, 11) is 0. The topological polar surface area (TPSA) is 43.9 Å². The second kappa shape index (κ2) is 4.86. The van der Waals surface area contributed by atoms with Crippen LogP contribution in [0.3, 0.4) is 0 Å². The molecule has 0 radical (unpaired) electrons. The highest BCUT2D eigenvalue weighted by Crippen LogP contribution is 2.28. The molecule has 3 rings (SSSR count). The van der Waals surface area contributed by atoms with Gasteiger partial charge in [-0.15, -0.1) is 16.6 Å². The smallest absolute Gasteiger partial charge is 0.264 e. The van der Waals surface area contributed by atoms with Gasteiger partial charge in [0.25, 0.3) is 5.89 Å². The molecule has 0 aliphatic carbocycles. The summed E-state index contributed by atoms with van der Waals surface area (Å²) in [5, 5.41) is 9.33. The van der Waals surface area contributed by atoms with Crippen molar-refractivity contribution in [1.29, 1.82) is 0 Å². The Morgan fingerprint density at radius 1 is 1.30 bits per heavy atom. The molecule has 0 amide bonds. The lowest BCUT2D eigenvalue weighted by atomic mass is 10.2. The fourth-order valence-corrected chi connectivity index (χ4v) is 2.22. The van der Waals surface area contributed by atoms with Crippen LogP contribution in [0, 0.1) is 12.3 Å². The van der Waals surface area contributed by atoms with Crippen molar-refractivity contribution in [3.05, 3.63) is 36.2 Å². The van der Waals surface area contributed by atoms with Gasteiger partial charge in [0.15, 0.2) is 0 Å². The minimum atomic E-state index is 0.210. The van der Waals surface area contributed by atoms with Crippen LogP contribution in [-0.4, -0.2) is 14.8 Å². The van der Waals surface area contributed by atoms with Crippen LogP contribution in [0.25, 0.3) is 22.5 Å². The van der Waals surface area contributed by atoms with E-state index in [1.165, 1.54) is 0 Å². The Bertz CT molecular complexity index is 790. The highest BCUT2D eigenvalue weighted by Gasteiger charge is 2.16. The average Bonchev–Trinajstić information content (AvgIpc) is 3.04. The van der Waals surface area contributed by atoms with Crippen LogP contribution in [0.15, 0.2) is 34.7 Å². The van der Waals surface area contributed by atoms with Gasteiger partial charge >= 0.3 is 0 Å². The number of rotatable bonds is 3. The minimum Gasteiger partial charge on any atom is -0.419 e. The molecule has 0 atom stereocenters. The first-order valence-corrected chi connectivity index (χ1v) is 6.56. The Kier molecular flexibility index (Phi) is 3.03. The van der Waals surface area contributed by atoms with Crippen molar-refractivity contribution in [1.82, 2.24) is 14.8 Å². The molecule has 2 aromatic heterocycles. The van der Waals surface area contributed by atoms with Gasteiger partial charge in [-0.3, -0.25) is 0 Å². The van der Waals surface area contributed by atoms with Gasteiger partial charge in [-0.25, -0.2) is 0 Å². The zero-order chi connectivity index (χ0) is 14.1. The van der Waals surface area contributed by atoms with E-state index < -0.39 is 0 Å². The first-order chi connectivity index (χ1) is 9.70. The van der Waals surface area contributed by atoms with E-state index in [0.717, 1.165) is 16.6 Å². The van der Waals surface area contributed by atoms with Crippen LogP contribution < -0.4 is 0 Å². The number of terminal acetylenes is 1. The molecular weight excluding hydrogens is 250 g/mol. The lowest BCUT2D eigenvalue weighted by molar-refractivity contribution is 0.478. The van der Waals surface area contributed by atoms with E-state index in [9.17, 15) is 0 Å². The highest BCUT2D eigenvalue weighted by atomic mass is 16.4. The molecule has 20 heavy (non-hydrogen) atoms. The van der Waals surface area contributed by atoms with Gasteiger partial charge in [0.2, 0.25) is 5.89 Å². The maximum absolute atomic E-state index is 5.74. The number of para-hydroxylation sites is 1. The molecule has 0 saturated carbocycles. The number of hydrogen-bond donors (Lipinski definition) is 0. The van der Waals surface area contributed by atoms with Crippen LogP contribution >= 0.6 is 0 Å². The Hall–Kier alpha value is -2.54. The third kappa shape index (κ3) is 1.97. The predicted octanol–water partition coefficient (Wildman–Crippen LogP) is 3.45. The number of fused-ring (bicyclic) bond motifs is 1. The zero-order valence-electron chi connectivity index (χ0n) is 11.5. The zero-order valence-corrected chi connectivity index (χ0v) is 11.5. The molecule has 4 nitrogen and oxygen atoms in total. The van der Waals surface area contributed by atoms with E-state index in [1.54, 1.807) is 0 Å². The second-order valence-corrected chi connectivity index (χ2v) is 4.98. The largest absolute Gasteiger partial charge is 0.419 e. The molecule has 0 N–H and O–H groups in total. The van der Waals surface area contributed by atoms with E-state index in [1.807, 2.05) is 48.7 Å². The summed E-state index contributed by atoms with van der Waals surface area (Å²) in [6.45, 7) is 4.52. The van der Waals surface area contributed by atoms with Crippen molar-refractivity contribution in [2.45, 2.75) is 26.3 Å². The van der Waals surface area contributed by atoms with Gasteiger partial charge in [0.1, 0.15) is 5.69 Å². The number of nitrogens with zero attached hydrogens (tertiary/aromatic N) is 3. The van der Waals surface area contributed by atoms with Crippen LogP contribution in [0.2, 0.25) is 0 Å². The van der Waals surface area contributed by atoms with E-state index in [0.29, 0.717) is 18.3 Å². The fourth-order valence-electron chi connectivity index (χ4n) is 2.22. The van der Waals surface area contributed by atoms with Gasteiger partial charge in [0.05, 0.1) is 6.54 Å². The summed E-state index contributed by atoms with van der Waals surface area (Å²) in [6.07, 6.45) is 5.47. The molecule has 2 heterocycles. The molecule has 0 aliphatic heterocycles. The third-order valence-electron chi connectivity index (χ3n) is 3.21. The summed E-state index contributed by atoms with van der Waals surface area (Å²) in [6, 6.07) is 10.1. The Morgan fingerprint density at radius 3 is 2.80 bits per heavy atom. The number of aromatic nitrogens is 3. The molecule has 0 saturated heterocycles. The van der Waals surface area contributed by atoms with Gasteiger partial charge in [-0.05, 0) is 12.1 Å². The van der Waals surface area contributed by atoms with Crippen molar-refractivity contribution in [2.75, 3.05) is 0 Å². The van der Waals surface area contributed by atoms with Gasteiger partial charge in [-0.1, -0.05) is 38.0 Å². The molecule has 0 fully saturated rings. The van der Waals surface area contributed by atoms with Crippen LogP contribution in [0.1, 0.15) is 25.7 Å². The first-order valence-electron chi connectivity index (χ1n) is 6.56. The van der Waals surface area contributed by atoms with Crippen molar-refractivity contribution in [3.63, 3.8) is 0 Å². The fraction of sp³-hybridized carbons (Fsp3) is 0.250. The van der Waals surface area contributed by atoms with Gasteiger partial charge < -0.3 is 8.98 Å². The molecule has 1 aromatic carbocycles. The summed E-state index contributed by atoms with van der Waals surface area (Å²) in [5.74, 6) is 4.04. The molecule has 0 spiro atoms. The first kappa shape index (κ1) is 12.5. The third-order valence-corrected chi connectivity index (χ3v) is 3.21. The normalized spacial score (nSPS) is 11.1. The summed E-state index contributed by atoms with van der Waals surface area (Å²) >= 11 is 0. The van der Waals surface area contributed by atoms with Crippen molar-refractivity contribution in [3.8, 4) is 23.9 Å². The van der Waals surface area contributed by atoms with E-state index in [4.69, 9.17) is 10.8 Å². The van der Waals surface area contributed by atoms with Gasteiger partial charge in [0, 0.05) is 16.8 Å². The maximum Gasteiger partial charge on any atom is 0.264 e. The summed E-state index contributed by atoms with van der Waals surface area (Å²) in [5.41, 5.74) is 1.94. The Labute approximate surface area is 117 Å². The maximum atomic E-state index is 5.74. The SMILES string of the molecule is C#CCn1c(-c2nnc(C(C)C)o2)cc2ccccc21. The Balaban J connectivity index is 2.19. The molecule has 0 bridgehead atoms. The van der Waals surface area contributed by atoms with E-state index in [-0.39, 0.29) is 5.92 Å². The molecular formula is C16H15N3O. The summed E-state index contributed by atoms with van der Waals surface area (Å²) < 4.78 is 7.76. The molecule has 0 unspecified atom stereocenters. The highest BCUT2D eigenvalue weighted by molar-refractivity contribution is 5.85. The van der Waals surface area contributed by atoms with Crippen LogP contribution in [-0.2, 0) is 6.54 Å². The molecule has 4 heteroatoms. The molecule has 0 aliphatic rings. The minimum absolute atomic E-state index is 0.210. The average molecular weight is 265 g/mol. The number of hydrogen-bond acceptors (Lipinski definition) is 3. The number of benzene rings is 1. The summed E-state index contributed by atoms with van der Waals surface area (Å²) in [4.78, 5) is 0. The lowest BCUT2D eigenvalue weighted by Crippen LogP contribution is -1.97. The van der Waals surface area contributed by atoms with E-state index >= 15 is 0 Å². The Morgan fingerprint density at radius 2 is 2.10 bits per heavy atom. The second-order valence-electron chi connectivity index (χ2n) is 4.98. The predicted molar refractivity (Wildman–Crippen MR) is 78.2 cm³/mol. The monoisotopic (exact) mass is 265 g/mol. The van der Waals surface area contributed by atoms with Crippen molar-refractivity contribution >= 4 is 10.9 Å². The van der Waals surface area contributed by atoms with E-state index in [2.05, 4.69) is 16.1 Å². The standard InChI is InChI=1S/C16H15N3O/c1-4-9-19-13-8-6-5-7-12(13)10-14(19)16-18-17-15(20-16)11(2)3/h1,5-8,10-11H,9H2,2-3H3. The van der Waals surface area contributed by atoms with Crippen LogP contribution in [0.4, 0.5) is 0 Å². The van der Waals surface area contributed by atoms with Crippen molar-refractivity contribution < 1.29 is 4.42 Å². The van der Waals surface area contributed by atoms with Crippen LogP contribution in [0.5, 0.6) is 0 Å². The molecule has 100 valence electrons. The quantitative estimate of drug-likeness (QED) is 0.681. The van der Waals surface area contributed by atoms with Crippen molar-refractivity contribution in [2.24, 2.45) is 0 Å². The van der Waals surface area contributed by atoms with Gasteiger partial charge in [-0.2, -0.15) is 0 Å². The molecule has 3 aromatic rings. The lowest BCUT2D eigenvalue weighted by Gasteiger charge is -2.03.